The number of benzene rings is 1. The highest BCUT2D eigenvalue weighted by molar-refractivity contribution is 5.91. The molecule has 1 rings (SSSR count). The van der Waals surface area contributed by atoms with Crippen LogP contribution in [0.2, 0.25) is 0 Å². The summed E-state index contributed by atoms with van der Waals surface area (Å²) in [7, 11) is 2.54. The lowest BCUT2D eigenvalue weighted by atomic mass is 10.2. The third-order valence-corrected chi connectivity index (χ3v) is 1.70. The Bertz CT molecular complexity index is 360. The summed E-state index contributed by atoms with van der Waals surface area (Å²) in [5, 5.41) is 18.5. The number of carbonyl (C=O) groups excluding carboxylic acids is 1. The Hall–Kier alpha value is -1.91. The number of phenolic OH excluding ortho intramolecular Hbond substituents is 2. The van der Waals surface area contributed by atoms with E-state index >= 15 is 0 Å². The number of rotatable bonds is 2. The van der Waals surface area contributed by atoms with Crippen LogP contribution in [0.4, 0.5) is 0 Å². The molecule has 0 heterocycles. The second kappa shape index (κ2) is 6.55. The van der Waals surface area contributed by atoms with Gasteiger partial charge in [0.1, 0.15) is 0 Å². The molecule has 0 bridgehead atoms. The average Bonchev–Trinajstić information content (AvgIpc) is 2.34. The molecular formula is C11H16O5. The smallest absolute Gasteiger partial charge is 0.338 e. The second-order valence-electron chi connectivity index (χ2n) is 2.54. The van der Waals surface area contributed by atoms with E-state index in [1.807, 2.05) is 13.8 Å². The molecule has 5 heteroatoms. The van der Waals surface area contributed by atoms with E-state index in [4.69, 9.17) is 4.74 Å². The average molecular weight is 228 g/mol. The Morgan fingerprint density at radius 1 is 1.19 bits per heavy atom. The number of carbonyl (C=O) groups is 1. The lowest BCUT2D eigenvalue weighted by molar-refractivity contribution is 0.0600. The second-order valence-corrected chi connectivity index (χ2v) is 2.54. The van der Waals surface area contributed by atoms with Gasteiger partial charge in [0, 0.05) is 0 Å². The molecule has 5 nitrogen and oxygen atoms in total. The van der Waals surface area contributed by atoms with Crippen molar-refractivity contribution in [2.24, 2.45) is 0 Å². The monoisotopic (exact) mass is 228 g/mol. The molecule has 1 aromatic rings. The summed E-state index contributed by atoms with van der Waals surface area (Å²) in [6.45, 7) is 4.00. The van der Waals surface area contributed by atoms with Crippen LogP contribution in [0.5, 0.6) is 17.2 Å². The van der Waals surface area contributed by atoms with Crippen LogP contribution >= 0.6 is 0 Å². The van der Waals surface area contributed by atoms with Crippen molar-refractivity contribution in [3.05, 3.63) is 17.7 Å². The van der Waals surface area contributed by atoms with Crippen LogP contribution in [0.25, 0.3) is 0 Å². The number of ether oxygens (including phenoxy) is 2. The molecule has 0 amide bonds. The first-order valence-electron chi connectivity index (χ1n) is 4.78. The molecule has 2 N–H and O–H groups in total. The van der Waals surface area contributed by atoms with Gasteiger partial charge < -0.3 is 19.7 Å². The summed E-state index contributed by atoms with van der Waals surface area (Å²) in [6.07, 6.45) is 0. The minimum atomic E-state index is -0.612. The fraction of sp³-hybridized carbons (Fsp3) is 0.364. The van der Waals surface area contributed by atoms with Gasteiger partial charge >= 0.3 is 5.97 Å². The quantitative estimate of drug-likeness (QED) is 0.597. The normalized spacial score (nSPS) is 8.75. The molecule has 0 saturated heterocycles. The van der Waals surface area contributed by atoms with Gasteiger partial charge in [-0.1, -0.05) is 13.8 Å². The Morgan fingerprint density at radius 3 is 2.19 bits per heavy atom. The molecule has 16 heavy (non-hydrogen) atoms. The van der Waals surface area contributed by atoms with Crippen LogP contribution in [0.15, 0.2) is 12.1 Å². The predicted octanol–water partition coefficient (Wildman–Crippen LogP) is 1.92. The van der Waals surface area contributed by atoms with E-state index in [2.05, 4.69) is 4.74 Å². The largest absolute Gasteiger partial charge is 0.504 e. The van der Waals surface area contributed by atoms with Crippen molar-refractivity contribution in [1.82, 2.24) is 0 Å². The van der Waals surface area contributed by atoms with Gasteiger partial charge in [0.15, 0.2) is 11.5 Å². The number of methoxy groups -OCH3 is 2. The molecule has 0 aliphatic rings. The molecule has 0 radical (unpaired) electrons. The number of esters is 1. The first-order valence-corrected chi connectivity index (χ1v) is 4.78. The van der Waals surface area contributed by atoms with Gasteiger partial charge in [-0.3, -0.25) is 0 Å². The summed E-state index contributed by atoms with van der Waals surface area (Å²) >= 11 is 0. The van der Waals surface area contributed by atoms with Crippen LogP contribution < -0.4 is 4.74 Å². The van der Waals surface area contributed by atoms with Gasteiger partial charge in [0.05, 0.1) is 19.8 Å². The first kappa shape index (κ1) is 14.1. The highest BCUT2D eigenvalue weighted by Crippen LogP contribution is 2.36. The fourth-order valence-electron chi connectivity index (χ4n) is 0.984. The van der Waals surface area contributed by atoms with Crippen molar-refractivity contribution in [3.8, 4) is 17.2 Å². The van der Waals surface area contributed by atoms with E-state index < -0.39 is 17.5 Å². The lowest BCUT2D eigenvalue weighted by Crippen LogP contribution is -2.01. The lowest BCUT2D eigenvalue weighted by Gasteiger charge is -2.07. The number of aromatic hydroxyl groups is 2. The standard InChI is InChI=1S/C9H10O5.C2H6/c1-13-7-4-5(9(12)14-2)3-6(10)8(7)11;1-2/h3-4,10-11H,1-2H3;1-2H3. The summed E-state index contributed by atoms with van der Waals surface area (Å²) in [6, 6.07) is 2.38. The molecular weight excluding hydrogens is 212 g/mol. The van der Waals surface area contributed by atoms with Gasteiger partial charge in [0.25, 0.3) is 0 Å². The molecule has 1 aromatic carbocycles. The van der Waals surface area contributed by atoms with E-state index in [0.29, 0.717) is 0 Å². The Labute approximate surface area is 94.2 Å². The third kappa shape index (κ3) is 3.05. The zero-order valence-electron chi connectivity index (χ0n) is 9.77. The molecule has 0 spiro atoms. The molecule has 0 aliphatic carbocycles. The summed E-state index contributed by atoms with van der Waals surface area (Å²) < 4.78 is 9.19. The van der Waals surface area contributed by atoms with Crippen molar-refractivity contribution in [3.63, 3.8) is 0 Å². The molecule has 0 aromatic heterocycles. The zero-order chi connectivity index (χ0) is 12.7. The van der Waals surface area contributed by atoms with Gasteiger partial charge in [-0.05, 0) is 12.1 Å². The molecule has 0 atom stereocenters. The van der Waals surface area contributed by atoms with Gasteiger partial charge in [-0.15, -0.1) is 0 Å². The van der Waals surface area contributed by atoms with Gasteiger partial charge in [-0.25, -0.2) is 4.79 Å². The van der Waals surface area contributed by atoms with Crippen molar-refractivity contribution in [1.29, 1.82) is 0 Å². The van der Waals surface area contributed by atoms with Crippen LogP contribution in [0.3, 0.4) is 0 Å². The maximum Gasteiger partial charge on any atom is 0.338 e. The molecule has 0 unspecified atom stereocenters. The molecule has 90 valence electrons. The highest BCUT2D eigenvalue weighted by atomic mass is 16.5. The Balaban J connectivity index is 0.00000106. The van der Waals surface area contributed by atoms with E-state index in [-0.39, 0.29) is 11.3 Å². The van der Waals surface area contributed by atoms with Crippen LogP contribution in [0.1, 0.15) is 24.2 Å². The van der Waals surface area contributed by atoms with Gasteiger partial charge in [0.2, 0.25) is 5.75 Å². The van der Waals surface area contributed by atoms with Crippen molar-refractivity contribution < 1.29 is 24.5 Å². The summed E-state index contributed by atoms with van der Waals surface area (Å²) in [5.41, 5.74) is 0.111. The van der Waals surface area contributed by atoms with E-state index in [9.17, 15) is 15.0 Å². The molecule has 0 saturated carbocycles. The van der Waals surface area contributed by atoms with Crippen molar-refractivity contribution in [2.75, 3.05) is 14.2 Å². The summed E-state index contributed by atoms with van der Waals surface area (Å²) in [5.74, 6) is -1.42. The van der Waals surface area contributed by atoms with Gasteiger partial charge in [-0.2, -0.15) is 0 Å². The maximum absolute atomic E-state index is 11.1. The van der Waals surface area contributed by atoms with Crippen LogP contribution in [0, 0.1) is 0 Å². The maximum atomic E-state index is 11.1. The number of hydrogen-bond donors (Lipinski definition) is 2. The Morgan fingerprint density at radius 2 is 1.75 bits per heavy atom. The van der Waals surface area contributed by atoms with E-state index in [1.165, 1.54) is 20.3 Å². The zero-order valence-corrected chi connectivity index (χ0v) is 9.77. The highest BCUT2D eigenvalue weighted by Gasteiger charge is 2.14. The van der Waals surface area contributed by atoms with E-state index in [0.717, 1.165) is 6.07 Å². The predicted molar refractivity (Wildman–Crippen MR) is 59.0 cm³/mol. The summed E-state index contributed by atoms with van der Waals surface area (Å²) in [4.78, 5) is 11.1. The van der Waals surface area contributed by atoms with Crippen molar-refractivity contribution in [2.45, 2.75) is 13.8 Å². The minimum Gasteiger partial charge on any atom is -0.504 e. The third-order valence-electron chi connectivity index (χ3n) is 1.70. The minimum absolute atomic E-state index is 0.0189. The first-order chi connectivity index (χ1) is 7.60. The topological polar surface area (TPSA) is 76.0 Å². The van der Waals surface area contributed by atoms with Crippen LogP contribution in [-0.4, -0.2) is 30.4 Å². The molecule has 0 aliphatic heterocycles. The van der Waals surface area contributed by atoms with E-state index in [1.54, 1.807) is 0 Å². The van der Waals surface area contributed by atoms with Crippen LogP contribution in [-0.2, 0) is 4.74 Å². The van der Waals surface area contributed by atoms with Crippen molar-refractivity contribution >= 4 is 5.97 Å². The fourth-order valence-corrected chi connectivity index (χ4v) is 0.984. The SMILES string of the molecule is CC.COC(=O)c1cc(O)c(O)c(OC)c1. The molecule has 0 fully saturated rings. The Kier molecular flexibility index (Phi) is 5.77. The number of phenols is 2. The number of hydrogen-bond acceptors (Lipinski definition) is 5.